The van der Waals surface area contributed by atoms with E-state index in [4.69, 9.17) is 14.5 Å². The molecule has 1 aliphatic heterocycles. The molecular weight excluding hydrogens is 416 g/mol. The van der Waals surface area contributed by atoms with E-state index in [9.17, 15) is 4.79 Å². The number of aromatic nitrogens is 4. The smallest absolute Gasteiger partial charge is 0.259 e. The van der Waals surface area contributed by atoms with Crippen LogP contribution in [0, 0.1) is 13.8 Å². The monoisotopic (exact) mass is 440 g/mol. The number of para-hydroxylation sites is 1. The molecule has 4 aromatic rings. The van der Waals surface area contributed by atoms with Crippen molar-refractivity contribution in [1.82, 2.24) is 25.0 Å². The number of rotatable bonds is 5. The molecule has 0 bridgehead atoms. The molecule has 1 saturated heterocycles. The van der Waals surface area contributed by atoms with Crippen molar-refractivity contribution in [3.63, 3.8) is 0 Å². The van der Waals surface area contributed by atoms with Crippen molar-refractivity contribution in [2.45, 2.75) is 32.7 Å². The minimum atomic E-state index is -0.232. The Morgan fingerprint density at radius 1 is 1.09 bits per heavy atom. The number of carbonyl (C=O) groups is 1. The topological polar surface area (TPSA) is 97.0 Å². The van der Waals surface area contributed by atoms with Crippen molar-refractivity contribution in [1.29, 1.82) is 0 Å². The molecule has 0 spiro atoms. The summed E-state index contributed by atoms with van der Waals surface area (Å²) < 4.78 is 5.23. The first kappa shape index (κ1) is 20.8. The second-order valence-electron chi connectivity index (χ2n) is 8.08. The number of pyridine rings is 1. The van der Waals surface area contributed by atoms with Gasteiger partial charge in [-0.2, -0.15) is 0 Å². The van der Waals surface area contributed by atoms with E-state index >= 15 is 0 Å². The van der Waals surface area contributed by atoms with Crippen LogP contribution in [0.1, 0.15) is 46.5 Å². The summed E-state index contributed by atoms with van der Waals surface area (Å²) in [5, 5.41) is 7.32. The fourth-order valence-electron chi connectivity index (χ4n) is 4.23. The molecule has 1 atom stereocenters. The first-order valence-corrected chi connectivity index (χ1v) is 11.0. The summed E-state index contributed by atoms with van der Waals surface area (Å²) >= 11 is 0. The Kier molecular flexibility index (Phi) is 5.56. The van der Waals surface area contributed by atoms with Gasteiger partial charge in [0.1, 0.15) is 17.1 Å². The van der Waals surface area contributed by atoms with Gasteiger partial charge in [0.25, 0.3) is 5.91 Å². The molecule has 4 heterocycles. The molecule has 1 amide bonds. The molecule has 5 rings (SSSR count). The van der Waals surface area contributed by atoms with Crippen molar-refractivity contribution in [3.8, 4) is 11.3 Å². The van der Waals surface area contributed by atoms with Crippen molar-refractivity contribution in [3.05, 3.63) is 83.8 Å². The predicted octanol–water partition coefficient (Wildman–Crippen LogP) is 4.86. The number of likely N-dealkylation sites (tertiary alicyclic amines) is 1. The molecule has 0 unspecified atom stereocenters. The summed E-state index contributed by atoms with van der Waals surface area (Å²) in [4.78, 5) is 29.1. The Bertz CT molecular complexity index is 1250. The van der Waals surface area contributed by atoms with Crippen LogP contribution in [0.2, 0.25) is 0 Å². The Balaban J connectivity index is 1.54. The highest BCUT2D eigenvalue weighted by molar-refractivity contribution is 5.96. The standard InChI is InChI=1S/C25H24N6O2/c1-16-23(17(2)33-30-16)25(32)31-14-6-9-21(31)24-28-20(18-10-12-26-13-11-18)15-22(29-24)27-19-7-4-3-5-8-19/h3-5,7-8,10-13,15,21H,6,9,14H2,1-2H3,(H,27,28,29)/t21-/m0/s1. The van der Waals surface area contributed by atoms with Gasteiger partial charge in [-0.15, -0.1) is 0 Å². The molecule has 8 heteroatoms. The van der Waals surface area contributed by atoms with Crippen LogP contribution >= 0.6 is 0 Å². The van der Waals surface area contributed by atoms with Crippen molar-refractivity contribution in [2.75, 3.05) is 11.9 Å². The van der Waals surface area contributed by atoms with Gasteiger partial charge in [-0.05, 0) is 51.0 Å². The van der Waals surface area contributed by atoms with Crippen LogP contribution in [0.15, 0.2) is 65.4 Å². The predicted molar refractivity (Wildman–Crippen MR) is 124 cm³/mol. The zero-order valence-corrected chi connectivity index (χ0v) is 18.5. The van der Waals surface area contributed by atoms with E-state index in [2.05, 4.69) is 15.5 Å². The maximum atomic E-state index is 13.4. The number of anilines is 2. The first-order chi connectivity index (χ1) is 16.1. The van der Waals surface area contributed by atoms with Crippen LogP contribution in [-0.4, -0.2) is 37.5 Å². The number of nitrogens with one attached hydrogen (secondary N) is 1. The lowest BCUT2D eigenvalue weighted by Crippen LogP contribution is -2.32. The second kappa shape index (κ2) is 8.82. The van der Waals surface area contributed by atoms with Crippen LogP contribution < -0.4 is 5.32 Å². The molecular formula is C25H24N6O2. The highest BCUT2D eigenvalue weighted by Gasteiger charge is 2.35. The van der Waals surface area contributed by atoms with Gasteiger partial charge in [-0.3, -0.25) is 9.78 Å². The molecule has 0 saturated carbocycles. The zero-order chi connectivity index (χ0) is 22.8. The number of hydrogen-bond donors (Lipinski definition) is 1. The first-order valence-electron chi connectivity index (χ1n) is 11.0. The Morgan fingerprint density at radius 3 is 2.61 bits per heavy atom. The number of carbonyl (C=O) groups excluding carboxylic acids is 1. The van der Waals surface area contributed by atoms with Gasteiger partial charge >= 0.3 is 0 Å². The highest BCUT2D eigenvalue weighted by Crippen LogP contribution is 2.34. The fraction of sp³-hybridized carbons (Fsp3) is 0.240. The van der Waals surface area contributed by atoms with Gasteiger partial charge in [0.15, 0.2) is 5.82 Å². The summed E-state index contributed by atoms with van der Waals surface area (Å²) in [7, 11) is 0. The van der Waals surface area contributed by atoms with E-state index in [1.165, 1.54) is 0 Å². The van der Waals surface area contributed by atoms with E-state index in [-0.39, 0.29) is 11.9 Å². The molecule has 0 radical (unpaired) electrons. The summed E-state index contributed by atoms with van der Waals surface area (Å²) in [5.74, 6) is 1.72. The van der Waals surface area contributed by atoms with Gasteiger partial charge in [-0.25, -0.2) is 9.97 Å². The molecule has 3 aromatic heterocycles. The van der Waals surface area contributed by atoms with E-state index in [0.717, 1.165) is 29.8 Å². The Labute approximate surface area is 191 Å². The van der Waals surface area contributed by atoms with Crippen LogP contribution in [0.25, 0.3) is 11.3 Å². The van der Waals surface area contributed by atoms with E-state index in [0.29, 0.717) is 35.2 Å². The molecule has 166 valence electrons. The van der Waals surface area contributed by atoms with Crippen LogP contribution in [0.3, 0.4) is 0 Å². The lowest BCUT2D eigenvalue weighted by Gasteiger charge is -2.24. The number of nitrogens with zero attached hydrogens (tertiary/aromatic N) is 5. The molecule has 33 heavy (non-hydrogen) atoms. The van der Waals surface area contributed by atoms with Gasteiger partial charge in [-0.1, -0.05) is 23.4 Å². The lowest BCUT2D eigenvalue weighted by atomic mass is 10.1. The minimum Gasteiger partial charge on any atom is -0.361 e. The maximum Gasteiger partial charge on any atom is 0.259 e. The average Bonchev–Trinajstić information content (AvgIpc) is 3.46. The number of aryl methyl sites for hydroxylation is 2. The Morgan fingerprint density at radius 2 is 1.88 bits per heavy atom. The molecule has 1 aromatic carbocycles. The average molecular weight is 441 g/mol. The van der Waals surface area contributed by atoms with Crippen molar-refractivity contribution in [2.24, 2.45) is 0 Å². The summed E-state index contributed by atoms with van der Waals surface area (Å²) in [6.07, 6.45) is 5.15. The highest BCUT2D eigenvalue weighted by atomic mass is 16.5. The zero-order valence-electron chi connectivity index (χ0n) is 18.5. The van der Waals surface area contributed by atoms with Gasteiger partial charge in [0, 0.05) is 36.3 Å². The third-order valence-electron chi connectivity index (χ3n) is 5.82. The molecule has 0 aliphatic carbocycles. The quantitative estimate of drug-likeness (QED) is 0.473. The second-order valence-corrected chi connectivity index (χ2v) is 8.08. The lowest BCUT2D eigenvalue weighted by molar-refractivity contribution is 0.0727. The normalized spacial score (nSPS) is 15.6. The van der Waals surface area contributed by atoms with E-state index < -0.39 is 0 Å². The van der Waals surface area contributed by atoms with Crippen LogP contribution in [0.5, 0.6) is 0 Å². The fourth-order valence-corrected chi connectivity index (χ4v) is 4.23. The maximum absolute atomic E-state index is 13.4. The third-order valence-corrected chi connectivity index (χ3v) is 5.82. The van der Waals surface area contributed by atoms with Crippen LogP contribution in [0.4, 0.5) is 11.5 Å². The molecule has 1 aliphatic rings. The number of benzene rings is 1. The minimum absolute atomic E-state index is 0.0933. The van der Waals surface area contributed by atoms with Crippen molar-refractivity contribution < 1.29 is 9.32 Å². The summed E-state index contributed by atoms with van der Waals surface area (Å²) in [5.41, 5.74) is 3.76. The SMILES string of the molecule is Cc1noc(C)c1C(=O)N1CCC[C@H]1c1nc(Nc2ccccc2)cc(-c2ccncc2)n1. The number of hydrogen-bond acceptors (Lipinski definition) is 7. The van der Waals surface area contributed by atoms with Crippen molar-refractivity contribution >= 4 is 17.4 Å². The van der Waals surface area contributed by atoms with Gasteiger partial charge in [0.05, 0.1) is 17.4 Å². The van der Waals surface area contributed by atoms with E-state index in [1.54, 1.807) is 26.2 Å². The third kappa shape index (κ3) is 4.19. The van der Waals surface area contributed by atoms with Gasteiger partial charge in [0.2, 0.25) is 0 Å². The Hall–Kier alpha value is -4.07. The van der Waals surface area contributed by atoms with E-state index in [1.807, 2.05) is 53.4 Å². The molecule has 1 fully saturated rings. The summed E-state index contributed by atoms with van der Waals surface area (Å²) in [6.45, 7) is 4.19. The largest absolute Gasteiger partial charge is 0.361 e. The summed E-state index contributed by atoms with van der Waals surface area (Å²) in [6, 6.07) is 15.4. The number of amides is 1. The van der Waals surface area contributed by atoms with Gasteiger partial charge < -0.3 is 14.7 Å². The van der Waals surface area contributed by atoms with Crippen LogP contribution in [-0.2, 0) is 0 Å². The molecule has 1 N–H and O–H groups in total. The molecule has 8 nitrogen and oxygen atoms in total.